The van der Waals surface area contributed by atoms with Crippen molar-refractivity contribution in [3.05, 3.63) is 65.7 Å². The fourth-order valence-corrected chi connectivity index (χ4v) is 3.73. The molecule has 2 heterocycles. The first-order chi connectivity index (χ1) is 16.8. The lowest BCUT2D eigenvalue weighted by molar-refractivity contribution is -0.132. The van der Waals surface area contributed by atoms with Gasteiger partial charge in [0.2, 0.25) is 0 Å². The van der Waals surface area contributed by atoms with Gasteiger partial charge >= 0.3 is 12.5 Å². The zero-order chi connectivity index (χ0) is 24.9. The highest BCUT2D eigenvalue weighted by molar-refractivity contribution is 5.90. The molecule has 1 fully saturated rings. The van der Waals surface area contributed by atoms with Crippen LogP contribution in [0.1, 0.15) is 5.56 Å². The van der Waals surface area contributed by atoms with Crippen molar-refractivity contribution < 1.29 is 27.5 Å². The van der Waals surface area contributed by atoms with Crippen LogP contribution in [-0.4, -0.2) is 56.3 Å². The first-order valence-corrected chi connectivity index (χ1v) is 10.9. The Morgan fingerprint density at radius 3 is 2.63 bits per heavy atom. The number of cyclic esters (lactones) is 1. The van der Waals surface area contributed by atoms with Crippen LogP contribution in [0.4, 0.5) is 23.7 Å². The van der Waals surface area contributed by atoms with Crippen LogP contribution >= 0.6 is 0 Å². The summed E-state index contributed by atoms with van der Waals surface area (Å²) in [5, 5.41) is 7.07. The lowest BCUT2D eigenvalue weighted by atomic mass is 10.0. The molecule has 0 bridgehead atoms. The standard InChI is InChI=1S/C23H25F3N6O3/c1-31-29-11-16(30-31)10-27-9-14-2-4-15(5-3-14)19-7-6-17(8-20(19)24)32-13-18(35-23(32)34)12-28-22(33)21(25)26/h2-8,11,18,21,27,29-30H,9-10,12-13H2,1H3,(H,28,33)/t18-/m0/s1. The highest BCUT2D eigenvalue weighted by atomic mass is 19.3. The minimum Gasteiger partial charge on any atom is -0.442 e. The topological polar surface area (TPSA) is 98.0 Å². The molecule has 12 heteroatoms. The number of nitrogens with one attached hydrogen (secondary N) is 4. The van der Waals surface area contributed by atoms with Gasteiger partial charge in [0.1, 0.15) is 11.9 Å². The first-order valence-electron chi connectivity index (χ1n) is 10.9. The average molecular weight is 490 g/mol. The zero-order valence-corrected chi connectivity index (χ0v) is 18.9. The summed E-state index contributed by atoms with van der Waals surface area (Å²) < 4.78 is 44.6. The monoisotopic (exact) mass is 490 g/mol. The van der Waals surface area contributed by atoms with Crippen molar-refractivity contribution >= 4 is 17.7 Å². The van der Waals surface area contributed by atoms with Gasteiger partial charge in [-0.1, -0.05) is 24.3 Å². The van der Waals surface area contributed by atoms with Crippen LogP contribution < -0.4 is 26.4 Å². The second kappa shape index (κ2) is 10.7. The molecule has 2 aliphatic heterocycles. The van der Waals surface area contributed by atoms with E-state index in [1.54, 1.807) is 17.3 Å². The molecule has 1 atom stereocenters. The zero-order valence-electron chi connectivity index (χ0n) is 18.9. The van der Waals surface area contributed by atoms with E-state index in [2.05, 4.69) is 16.2 Å². The van der Waals surface area contributed by atoms with E-state index in [0.717, 1.165) is 11.3 Å². The largest absolute Gasteiger partial charge is 0.442 e. The molecule has 0 spiro atoms. The van der Waals surface area contributed by atoms with E-state index in [1.165, 1.54) is 11.0 Å². The molecular formula is C23H25F3N6O3. The molecule has 2 aliphatic rings. The highest BCUT2D eigenvalue weighted by Gasteiger charge is 2.33. The number of anilines is 1. The Morgan fingerprint density at radius 1 is 1.20 bits per heavy atom. The van der Waals surface area contributed by atoms with Crippen molar-refractivity contribution in [2.75, 3.05) is 31.6 Å². The number of alkyl halides is 2. The normalized spacial score (nSPS) is 17.7. The van der Waals surface area contributed by atoms with Gasteiger partial charge in [-0.2, -0.15) is 8.78 Å². The third-order valence-corrected chi connectivity index (χ3v) is 5.49. The molecule has 0 saturated carbocycles. The van der Waals surface area contributed by atoms with E-state index >= 15 is 0 Å². The van der Waals surface area contributed by atoms with Crippen molar-refractivity contribution in [2.24, 2.45) is 0 Å². The second-order valence-corrected chi connectivity index (χ2v) is 8.10. The molecule has 2 aromatic rings. The third-order valence-electron chi connectivity index (χ3n) is 5.49. The predicted molar refractivity (Wildman–Crippen MR) is 122 cm³/mol. The molecule has 35 heavy (non-hydrogen) atoms. The van der Waals surface area contributed by atoms with E-state index in [0.29, 0.717) is 24.2 Å². The van der Waals surface area contributed by atoms with Gasteiger partial charge in [0.15, 0.2) is 0 Å². The lowest BCUT2D eigenvalue weighted by Gasteiger charge is -2.15. The molecule has 0 unspecified atom stereocenters. The van der Waals surface area contributed by atoms with Gasteiger partial charge in [-0.15, -0.1) is 5.12 Å². The molecule has 1 saturated heterocycles. The molecular weight excluding hydrogens is 465 g/mol. The number of hydrogen-bond donors (Lipinski definition) is 4. The van der Waals surface area contributed by atoms with Gasteiger partial charge in [-0.25, -0.2) is 9.18 Å². The summed E-state index contributed by atoms with van der Waals surface area (Å²) in [6, 6.07) is 11.8. The number of carbonyl (C=O) groups is 2. The molecule has 2 amide bonds. The minimum absolute atomic E-state index is 0.00159. The van der Waals surface area contributed by atoms with Gasteiger partial charge in [0.05, 0.1) is 24.5 Å². The van der Waals surface area contributed by atoms with E-state index in [9.17, 15) is 22.8 Å². The number of carbonyl (C=O) groups excluding carboxylic acids is 2. The summed E-state index contributed by atoms with van der Waals surface area (Å²) >= 11 is 0. The summed E-state index contributed by atoms with van der Waals surface area (Å²) in [5.74, 6) is -1.96. The number of rotatable bonds is 9. The van der Waals surface area contributed by atoms with Crippen molar-refractivity contribution in [2.45, 2.75) is 19.1 Å². The number of benzene rings is 2. The first kappa shape index (κ1) is 24.4. The smallest absolute Gasteiger partial charge is 0.414 e. The molecule has 9 nitrogen and oxygen atoms in total. The number of halogens is 3. The lowest BCUT2D eigenvalue weighted by Crippen LogP contribution is -2.37. The van der Waals surface area contributed by atoms with Crippen LogP contribution in [0, 0.1) is 5.82 Å². The molecule has 186 valence electrons. The van der Waals surface area contributed by atoms with E-state index in [-0.39, 0.29) is 18.8 Å². The summed E-state index contributed by atoms with van der Waals surface area (Å²) in [6.07, 6.45) is -2.83. The Kier molecular flexibility index (Phi) is 7.42. The molecule has 4 N–H and O–H groups in total. The van der Waals surface area contributed by atoms with Gasteiger partial charge in [0, 0.05) is 31.9 Å². The van der Waals surface area contributed by atoms with Gasteiger partial charge in [-0.3, -0.25) is 9.69 Å². The van der Waals surface area contributed by atoms with Crippen molar-refractivity contribution in [3.8, 4) is 11.1 Å². The Balaban J connectivity index is 1.34. The Bertz CT molecular complexity index is 1110. The molecule has 0 aliphatic carbocycles. The number of hydrazine groups is 2. The van der Waals surface area contributed by atoms with Gasteiger partial charge in [-0.05, 0) is 29.3 Å². The summed E-state index contributed by atoms with van der Waals surface area (Å²) in [7, 11) is 1.86. The van der Waals surface area contributed by atoms with E-state index < -0.39 is 30.3 Å². The molecule has 0 aromatic heterocycles. The summed E-state index contributed by atoms with van der Waals surface area (Å²) in [5.41, 5.74) is 9.50. The number of hydrogen-bond acceptors (Lipinski definition) is 7. The minimum atomic E-state index is -3.15. The summed E-state index contributed by atoms with van der Waals surface area (Å²) in [6.45, 7) is 1.05. The number of ether oxygens (including phenoxy) is 1. The average Bonchev–Trinajstić information content (AvgIpc) is 3.42. The van der Waals surface area contributed by atoms with E-state index in [1.807, 2.05) is 42.8 Å². The van der Waals surface area contributed by atoms with Crippen LogP contribution in [0.5, 0.6) is 0 Å². The number of amides is 2. The Labute approximate surface area is 199 Å². The maximum absolute atomic E-state index is 14.9. The molecule has 0 radical (unpaired) electrons. The fourth-order valence-electron chi connectivity index (χ4n) is 3.73. The van der Waals surface area contributed by atoms with Crippen LogP contribution in [0.2, 0.25) is 0 Å². The van der Waals surface area contributed by atoms with Crippen molar-refractivity contribution in [3.63, 3.8) is 0 Å². The van der Waals surface area contributed by atoms with Crippen molar-refractivity contribution in [1.29, 1.82) is 0 Å². The molecule has 2 aromatic carbocycles. The van der Waals surface area contributed by atoms with Crippen LogP contribution in [-0.2, 0) is 16.1 Å². The fraction of sp³-hybridized carbons (Fsp3) is 0.304. The van der Waals surface area contributed by atoms with Gasteiger partial charge < -0.3 is 26.2 Å². The van der Waals surface area contributed by atoms with Crippen LogP contribution in [0.25, 0.3) is 11.1 Å². The maximum atomic E-state index is 14.9. The van der Waals surface area contributed by atoms with Crippen LogP contribution in [0.3, 0.4) is 0 Å². The number of nitrogens with zero attached hydrogens (tertiary/aromatic N) is 2. The van der Waals surface area contributed by atoms with Gasteiger partial charge in [0.25, 0.3) is 5.91 Å². The Morgan fingerprint density at radius 2 is 1.97 bits per heavy atom. The van der Waals surface area contributed by atoms with Crippen LogP contribution in [0.15, 0.2) is 54.4 Å². The highest BCUT2D eigenvalue weighted by Crippen LogP contribution is 2.29. The maximum Gasteiger partial charge on any atom is 0.414 e. The quantitative estimate of drug-likeness (QED) is 0.427. The summed E-state index contributed by atoms with van der Waals surface area (Å²) in [4.78, 5) is 24.4. The second-order valence-electron chi connectivity index (χ2n) is 8.10. The Hall–Kier alpha value is -3.77. The SMILES string of the molecule is CN1NC=C(CNCc2ccc(-c3ccc(N4C[C@H](CNC(=O)C(F)F)OC4=O)cc3F)cc2)N1. The van der Waals surface area contributed by atoms with E-state index in [4.69, 9.17) is 4.74 Å². The molecule has 4 rings (SSSR count). The van der Waals surface area contributed by atoms with Crippen molar-refractivity contribution in [1.82, 2.24) is 26.6 Å². The predicted octanol–water partition coefficient (Wildman–Crippen LogP) is 2.08. The third kappa shape index (κ3) is 6.03.